The molecule has 0 saturated carbocycles. The van der Waals surface area contributed by atoms with Crippen LogP contribution in [0.5, 0.6) is 0 Å². The normalized spacial score (nSPS) is 15.3. The van der Waals surface area contributed by atoms with Crippen LogP contribution in [0.1, 0.15) is 40.0 Å². The van der Waals surface area contributed by atoms with Gasteiger partial charge in [-0.05, 0) is 60.2 Å². The molecule has 0 unspecified atom stereocenters. The molecule has 1 aromatic heterocycles. The number of fused-ring (bicyclic) bond motifs is 2. The number of carboxylic acid groups (broad SMARTS) is 1. The number of para-hydroxylation sites is 1. The number of rotatable bonds is 2. The maximum Gasteiger partial charge on any atom is 0.0725 e. The molecule has 0 aliphatic heterocycles. The van der Waals surface area contributed by atoms with Crippen LogP contribution >= 0.6 is 15.9 Å². The van der Waals surface area contributed by atoms with Crippen LogP contribution in [0, 0.1) is 0 Å². The smallest absolute Gasteiger partial charge is 0.0725 e. The molecule has 0 fully saturated rings. The van der Waals surface area contributed by atoms with Gasteiger partial charge in [0, 0.05) is 15.4 Å². The van der Waals surface area contributed by atoms with Crippen molar-refractivity contribution >= 4 is 44.5 Å². The number of hydrogen-bond acceptors (Lipinski definition) is 3. The number of halogens is 1. The predicted molar refractivity (Wildman–Crippen MR) is 101 cm³/mol. The van der Waals surface area contributed by atoms with E-state index in [1.165, 1.54) is 0 Å². The fraction of sp³-hybridized carbons (Fsp3) is 0.143. The van der Waals surface area contributed by atoms with E-state index < -0.39 is 5.97 Å². The summed E-state index contributed by atoms with van der Waals surface area (Å²) in [5, 5.41) is 12.5. The Morgan fingerprint density at radius 2 is 1.84 bits per heavy atom. The number of pyridine rings is 1. The molecule has 1 aliphatic rings. The first-order chi connectivity index (χ1) is 12.1. The van der Waals surface area contributed by atoms with E-state index in [1.54, 1.807) is 6.07 Å². The number of carboxylic acids is 1. The Bertz CT molecular complexity index is 1010. The van der Waals surface area contributed by atoms with Gasteiger partial charge in [0.25, 0.3) is 0 Å². The lowest BCUT2D eigenvalue weighted by Gasteiger charge is -2.23. The quantitative estimate of drug-likeness (QED) is 0.655. The van der Waals surface area contributed by atoms with E-state index in [0.717, 1.165) is 39.7 Å². The molecule has 25 heavy (non-hydrogen) atoms. The summed E-state index contributed by atoms with van der Waals surface area (Å²) in [4.78, 5) is 16.6. The second kappa shape index (κ2) is 6.45. The van der Waals surface area contributed by atoms with Crippen LogP contribution in [-0.2, 0) is 6.42 Å². The number of allylic oxidation sites excluding steroid dienone is 1. The molecular formula is C21H15BrNO2-. The topological polar surface area (TPSA) is 53.0 Å². The van der Waals surface area contributed by atoms with E-state index >= 15 is 0 Å². The van der Waals surface area contributed by atoms with E-state index in [0.29, 0.717) is 22.9 Å². The van der Waals surface area contributed by atoms with Gasteiger partial charge in [-0.1, -0.05) is 46.3 Å². The molecule has 0 N–H and O–H groups in total. The van der Waals surface area contributed by atoms with Crippen molar-refractivity contribution in [3.63, 3.8) is 0 Å². The lowest BCUT2D eigenvalue weighted by molar-refractivity contribution is -0.254. The Morgan fingerprint density at radius 1 is 1.08 bits per heavy atom. The van der Waals surface area contributed by atoms with Gasteiger partial charge in [-0.3, -0.25) is 0 Å². The Morgan fingerprint density at radius 3 is 2.60 bits per heavy atom. The van der Waals surface area contributed by atoms with Crippen molar-refractivity contribution in [2.75, 3.05) is 0 Å². The number of benzene rings is 2. The minimum atomic E-state index is -1.13. The minimum Gasteiger partial charge on any atom is -0.545 e. The predicted octanol–water partition coefficient (Wildman–Crippen LogP) is 4.24. The summed E-state index contributed by atoms with van der Waals surface area (Å²) in [5.41, 5.74) is 4.75. The minimum absolute atomic E-state index is 0.294. The van der Waals surface area contributed by atoms with E-state index in [-0.39, 0.29) is 0 Å². The van der Waals surface area contributed by atoms with E-state index in [9.17, 15) is 9.90 Å². The Hall–Kier alpha value is -2.46. The molecule has 3 aromatic rings. The van der Waals surface area contributed by atoms with Gasteiger partial charge >= 0.3 is 0 Å². The average molecular weight is 393 g/mol. The Kier molecular flexibility index (Phi) is 4.14. The van der Waals surface area contributed by atoms with Crippen molar-refractivity contribution in [1.82, 2.24) is 4.98 Å². The maximum atomic E-state index is 11.8. The van der Waals surface area contributed by atoms with Crippen LogP contribution < -0.4 is 5.11 Å². The van der Waals surface area contributed by atoms with Crippen LogP contribution in [0.15, 0.2) is 53.0 Å². The van der Waals surface area contributed by atoms with Gasteiger partial charge in [-0.15, -0.1) is 0 Å². The van der Waals surface area contributed by atoms with Crippen LogP contribution in [0.4, 0.5) is 0 Å². The summed E-state index contributed by atoms with van der Waals surface area (Å²) in [6, 6.07) is 15.4. The monoisotopic (exact) mass is 392 g/mol. The summed E-state index contributed by atoms with van der Waals surface area (Å²) in [6.07, 6.45) is 4.62. The second-order valence-electron chi connectivity index (χ2n) is 6.19. The van der Waals surface area contributed by atoms with E-state index in [4.69, 9.17) is 4.98 Å². The van der Waals surface area contributed by atoms with Crippen LogP contribution in [-0.4, -0.2) is 11.0 Å². The highest BCUT2D eigenvalue weighted by Crippen LogP contribution is 2.35. The lowest BCUT2D eigenvalue weighted by atomic mass is 9.86. The standard InChI is InChI=1S/C21H16BrNO2/c22-15-10-8-13(9-11-15)12-14-4-3-6-17-19(21(24)25)16-5-1-2-7-18(16)23-20(14)17/h1-2,5,7-12H,3-4,6H2,(H,24,25)/p-1/b14-12+. The molecular weight excluding hydrogens is 378 g/mol. The average Bonchev–Trinajstić information content (AvgIpc) is 2.62. The molecule has 0 saturated heterocycles. The highest BCUT2D eigenvalue weighted by molar-refractivity contribution is 9.10. The third kappa shape index (κ3) is 2.98. The maximum absolute atomic E-state index is 11.8. The van der Waals surface area contributed by atoms with Gasteiger partial charge in [0.1, 0.15) is 0 Å². The summed E-state index contributed by atoms with van der Waals surface area (Å²) >= 11 is 3.44. The van der Waals surface area contributed by atoms with Crippen molar-refractivity contribution in [2.24, 2.45) is 0 Å². The number of carbonyl (C=O) groups is 1. The van der Waals surface area contributed by atoms with Crippen molar-refractivity contribution in [3.05, 3.63) is 75.4 Å². The molecule has 4 heteroatoms. The molecule has 0 radical (unpaired) electrons. The summed E-state index contributed by atoms with van der Waals surface area (Å²) in [7, 11) is 0. The fourth-order valence-electron chi connectivity index (χ4n) is 3.47. The van der Waals surface area contributed by atoms with Crippen LogP contribution in [0.25, 0.3) is 22.6 Å². The largest absolute Gasteiger partial charge is 0.545 e. The molecule has 4 rings (SSSR count). The first-order valence-electron chi connectivity index (χ1n) is 8.23. The van der Waals surface area contributed by atoms with Gasteiger partial charge in [0.05, 0.1) is 17.2 Å². The third-order valence-corrected chi connectivity index (χ3v) is 5.11. The van der Waals surface area contributed by atoms with Crippen molar-refractivity contribution < 1.29 is 9.90 Å². The van der Waals surface area contributed by atoms with Gasteiger partial charge in [-0.2, -0.15) is 0 Å². The van der Waals surface area contributed by atoms with Gasteiger partial charge in [0.2, 0.25) is 0 Å². The molecule has 2 aromatic carbocycles. The molecule has 0 bridgehead atoms. The Balaban J connectivity index is 1.95. The zero-order valence-electron chi connectivity index (χ0n) is 13.5. The molecule has 1 heterocycles. The number of carbonyl (C=O) groups excluding carboxylic acids is 1. The first kappa shape index (κ1) is 16.0. The molecule has 0 amide bonds. The zero-order valence-corrected chi connectivity index (χ0v) is 15.0. The van der Waals surface area contributed by atoms with E-state index in [1.807, 2.05) is 42.5 Å². The summed E-state index contributed by atoms with van der Waals surface area (Å²) in [5.74, 6) is -1.13. The van der Waals surface area contributed by atoms with Gasteiger partial charge in [0.15, 0.2) is 0 Å². The highest BCUT2D eigenvalue weighted by Gasteiger charge is 2.21. The summed E-state index contributed by atoms with van der Waals surface area (Å²) < 4.78 is 1.03. The summed E-state index contributed by atoms with van der Waals surface area (Å²) in [6.45, 7) is 0. The van der Waals surface area contributed by atoms with E-state index in [2.05, 4.69) is 22.0 Å². The number of aromatic carboxylic acids is 1. The third-order valence-electron chi connectivity index (χ3n) is 4.59. The first-order valence-corrected chi connectivity index (χ1v) is 9.02. The molecule has 3 nitrogen and oxygen atoms in total. The van der Waals surface area contributed by atoms with Crippen molar-refractivity contribution in [1.29, 1.82) is 0 Å². The molecule has 124 valence electrons. The number of nitrogens with zero attached hydrogens (tertiary/aromatic N) is 1. The lowest BCUT2D eigenvalue weighted by Crippen LogP contribution is -2.26. The van der Waals surface area contributed by atoms with Crippen molar-refractivity contribution in [3.8, 4) is 0 Å². The van der Waals surface area contributed by atoms with Crippen LogP contribution in [0.2, 0.25) is 0 Å². The number of aromatic nitrogens is 1. The highest BCUT2D eigenvalue weighted by atomic mass is 79.9. The molecule has 0 atom stereocenters. The Labute approximate surface area is 154 Å². The van der Waals surface area contributed by atoms with Crippen molar-refractivity contribution in [2.45, 2.75) is 19.3 Å². The molecule has 0 spiro atoms. The SMILES string of the molecule is O=C([O-])c1c2c(nc3ccccc13)/C(=C/c1ccc(Br)cc1)CCC2. The molecule has 1 aliphatic carbocycles. The van der Waals surface area contributed by atoms with Gasteiger partial charge < -0.3 is 9.90 Å². The zero-order chi connectivity index (χ0) is 17.4. The number of hydrogen-bond donors (Lipinski definition) is 0. The van der Waals surface area contributed by atoms with Crippen LogP contribution in [0.3, 0.4) is 0 Å². The van der Waals surface area contributed by atoms with Gasteiger partial charge in [-0.25, -0.2) is 4.98 Å². The fourth-order valence-corrected chi connectivity index (χ4v) is 3.73. The second-order valence-corrected chi connectivity index (χ2v) is 7.11.